The highest BCUT2D eigenvalue weighted by atomic mass is 16.3. The molecule has 1 saturated carbocycles. The molecule has 1 aliphatic rings. The van der Waals surface area contributed by atoms with Crippen molar-refractivity contribution < 1.29 is 9.90 Å². The normalized spacial score (nSPS) is 13.7. The first-order chi connectivity index (χ1) is 12.9. The van der Waals surface area contributed by atoms with Crippen LogP contribution in [0.4, 0.5) is 5.69 Å². The van der Waals surface area contributed by atoms with E-state index in [0.29, 0.717) is 22.3 Å². The van der Waals surface area contributed by atoms with E-state index in [-0.39, 0.29) is 23.9 Å². The average molecular weight is 366 g/mol. The summed E-state index contributed by atoms with van der Waals surface area (Å²) in [6.07, 6.45) is 3.52. The van der Waals surface area contributed by atoms with Gasteiger partial charge in [0, 0.05) is 23.5 Å². The second-order valence-electron chi connectivity index (χ2n) is 6.75. The van der Waals surface area contributed by atoms with E-state index in [1.165, 1.54) is 10.6 Å². The molecule has 138 valence electrons. The number of aryl methyl sites for hydroxylation is 1. The Labute approximate surface area is 153 Å². The van der Waals surface area contributed by atoms with Crippen molar-refractivity contribution in [2.45, 2.75) is 32.4 Å². The zero-order valence-corrected chi connectivity index (χ0v) is 14.7. The Hall–Kier alpha value is -3.42. The van der Waals surface area contributed by atoms with Gasteiger partial charge in [-0.15, -0.1) is 0 Å². The number of anilines is 1. The number of benzene rings is 1. The highest BCUT2D eigenvalue weighted by Gasteiger charge is 2.25. The van der Waals surface area contributed by atoms with Crippen LogP contribution >= 0.6 is 0 Å². The van der Waals surface area contributed by atoms with E-state index in [1.807, 2.05) is 0 Å². The van der Waals surface area contributed by atoms with Gasteiger partial charge in [-0.05, 0) is 44.0 Å². The lowest BCUT2D eigenvalue weighted by Crippen LogP contribution is -2.28. The molecule has 8 nitrogen and oxygen atoms in total. The Balaban J connectivity index is 1.60. The van der Waals surface area contributed by atoms with Crippen molar-refractivity contribution in [3.8, 4) is 5.75 Å². The minimum Gasteiger partial charge on any atom is -0.508 e. The van der Waals surface area contributed by atoms with E-state index in [9.17, 15) is 19.5 Å². The molecule has 0 unspecified atom stereocenters. The van der Waals surface area contributed by atoms with Gasteiger partial charge in [-0.2, -0.15) is 0 Å². The summed E-state index contributed by atoms with van der Waals surface area (Å²) < 4.78 is 2.89. The molecule has 2 N–H and O–H groups in total. The number of nitrogens with zero attached hydrogens (tertiary/aromatic N) is 3. The first-order valence-electron chi connectivity index (χ1n) is 8.63. The van der Waals surface area contributed by atoms with Crippen molar-refractivity contribution in [3.05, 3.63) is 63.1 Å². The highest BCUT2D eigenvalue weighted by molar-refractivity contribution is 5.93. The summed E-state index contributed by atoms with van der Waals surface area (Å²) in [7, 11) is 0. The maximum atomic E-state index is 12.6. The second-order valence-corrected chi connectivity index (χ2v) is 6.75. The molecule has 0 aliphatic heterocycles. The summed E-state index contributed by atoms with van der Waals surface area (Å²) in [5.74, 6) is -0.542. The van der Waals surface area contributed by atoms with Crippen LogP contribution in [0.1, 0.15) is 24.6 Å². The van der Waals surface area contributed by atoms with Gasteiger partial charge in [0.15, 0.2) is 0 Å². The van der Waals surface area contributed by atoms with Gasteiger partial charge in [-0.3, -0.25) is 19.0 Å². The fourth-order valence-electron chi connectivity index (χ4n) is 3.08. The molecule has 3 aromatic rings. The summed E-state index contributed by atoms with van der Waals surface area (Å²) >= 11 is 0. The van der Waals surface area contributed by atoms with Gasteiger partial charge in [0.25, 0.3) is 11.1 Å². The number of fused-ring (bicyclic) bond motifs is 1. The van der Waals surface area contributed by atoms with Crippen molar-refractivity contribution in [3.63, 3.8) is 0 Å². The number of carbonyl (C=O) groups is 1. The van der Waals surface area contributed by atoms with Crippen molar-refractivity contribution in [2.24, 2.45) is 0 Å². The van der Waals surface area contributed by atoms with Gasteiger partial charge < -0.3 is 15.0 Å². The molecule has 1 amide bonds. The molecule has 27 heavy (non-hydrogen) atoms. The molecule has 1 aliphatic carbocycles. The van der Waals surface area contributed by atoms with Gasteiger partial charge in [0.2, 0.25) is 5.91 Å². The van der Waals surface area contributed by atoms with E-state index in [1.54, 1.807) is 36.0 Å². The Morgan fingerprint density at radius 2 is 2.04 bits per heavy atom. The maximum absolute atomic E-state index is 12.6. The van der Waals surface area contributed by atoms with Crippen LogP contribution in [0.25, 0.3) is 10.9 Å². The lowest BCUT2D eigenvalue weighted by Gasteiger charge is -2.11. The predicted octanol–water partition coefficient (Wildman–Crippen LogP) is 1.55. The van der Waals surface area contributed by atoms with E-state index in [0.717, 1.165) is 18.9 Å². The number of aromatic nitrogens is 3. The number of rotatable bonds is 4. The van der Waals surface area contributed by atoms with Crippen molar-refractivity contribution in [1.29, 1.82) is 0 Å². The number of aromatic hydroxyl groups is 1. The number of pyridine rings is 1. The molecule has 0 atom stereocenters. The summed E-state index contributed by atoms with van der Waals surface area (Å²) in [6.45, 7) is 1.44. The zero-order valence-electron chi connectivity index (χ0n) is 14.7. The van der Waals surface area contributed by atoms with E-state index < -0.39 is 11.5 Å². The molecule has 0 saturated heterocycles. The molecule has 0 spiro atoms. The molecule has 1 aromatic carbocycles. The predicted molar refractivity (Wildman–Crippen MR) is 100 cm³/mol. The zero-order chi connectivity index (χ0) is 19.1. The largest absolute Gasteiger partial charge is 0.508 e. The third-order valence-electron chi connectivity index (χ3n) is 4.63. The first-order valence-corrected chi connectivity index (χ1v) is 8.63. The van der Waals surface area contributed by atoms with E-state index in [4.69, 9.17) is 0 Å². The molecule has 8 heteroatoms. The number of carbonyl (C=O) groups excluding carboxylic acids is 1. The summed E-state index contributed by atoms with van der Waals surface area (Å²) in [4.78, 5) is 41.2. The molecule has 4 rings (SSSR count). The molecular weight excluding hydrogens is 348 g/mol. The third kappa shape index (κ3) is 3.33. The molecule has 2 heterocycles. The van der Waals surface area contributed by atoms with Crippen LogP contribution in [-0.4, -0.2) is 25.1 Å². The second kappa shape index (κ2) is 6.39. The standard InChI is InChI=1S/C19H18N4O4/c1-11-6-14(24)8-18(26)22(11)9-17(25)21-12-2-5-16-15(7-12)19(27)23(10-20-16)13-3-4-13/h2,5-8,10,13,24H,3-4,9H2,1H3,(H,21,25). The van der Waals surface area contributed by atoms with Crippen LogP contribution in [0, 0.1) is 6.92 Å². The fraction of sp³-hybridized carbons (Fsp3) is 0.263. The smallest absolute Gasteiger partial charge is 0.261 e. The van der Waals surface area contributed by atoms with Crippen molar-refractivity contribution >= 4 is 22.5 Å². The minimum atomic E-state index is -0.460. The van der Waals surface area contributed by atoms with Crippen LogP contribution in [0.2, 0.25) is 0 Å². The molecule has 0 radical (unpaired) electrons. The van der Waals surface area contributed by atoms with Gasteiger partial charge in [-0.25, -0.2) is 4.98 Å². The fourth-order valence-corrected chi connectivity index (χ4v) is 3.08. The minimum absolute atomic E-state index is 0.121. The van der Waals surface area contributed by atoms with Crippen LogP contribution in [-0.2, 0) is 11.3 Å². The summed E-state index contributed by atoms with van der Waals surface area (Å²) in [6, 6.07) is 7.65. The van der Waals surface area contributed by atoms with Gasteiger partial charge in [-0.1, -0.05) is 0 Å². The first kappa shape index (κ1) is 17.0. The van der Waals surface area contributed by atoms with E-state index >= 15 is 0 Å². The Bertz CT molecular complexity index is 1170. The maximum Gasteiger partial charge on any atom is 0.261 e. The lowest BCUT2D eigenvalue weighted by molar-refractivity contribution is -0.116. The van der Waals surface area contributed by atoms with Crippen LogP contribution in [0.5, 0.6) is 5.75 Å². The van der Waals surface area contributed by atoms with Gasteiger partial charge >= 0.3 is 0 Å². The van der Waals surface area contributed by atoms with Crippen LogP contribution in [0.3, 0.4) is 0 Å². The topological polar surface area (TPSA) is 106 Å². The Morgan fingerprint density at radius 1 is 1.26 bits per heavy atom. The molecular formula is C19H18N4O4. The monoisotopic (exact) mass is 366 g/mol. The SMILES string of the molecule is Cc1cc(O)cc(=O)n1CC(=O)Nc1ccc2ncn(C3CC3)c(=O)c2c1. The van der Waals surface area contributed by atoms with Crippen molar-refractivity contribution in [2.75, 3.05) is 5.32 Å². The van der Waals surface area contributed by atoms with Crippen LogP contribution in [0.15, 0.2) is 46.2 Å². The third-order valence-corrected chi connectivity index (χ3v) is 4.63. The lowest BCUT2D eigenvalue weighted by atomic mass is 10.2. The summed E-state index contributed by atoms with van der Waals surface area (Å²) in [5.41, 5.74) is 0.928. The van der Waals surface area contributed by atoms with Crippen LogP contribution < -0.4 is 16.4 Å². The summed E-state index contributed by atoms with van der Waals surface area (Å²) in [5, 5.41) is 12.6. The number of hydrogen-bond acceptors (Lipinski definition) is 5. The average Bonchev–Trinajstić information content (AvgIpc) is 3.44. The highest BCUT2D eigenvalue weighted by Crippen LogP contribution is 2.33. The number of amides is 1. The molecule has 1 fully saturated rings. The van der Waals surface area contributed by atoms with Crippen molar-refractivity contribution in [1.82, 2.24) is 14.1 Å². The molecule has 2 aromatic heterocycles. The Kier molecular flexibility index (Phi) is 4.02. The van der Waals surface area contributed by atoms with Gasteiger partial charge in [0.05, 0.1) is 17.2 Å². The van der Waals surface area contributed by atoms with E-state index in [2.05, 4.69) is 10.3 Å². The quantitative estimate of drug-likeness (QED) is 0.729. The van der Waals surface area contributed by atoms with Gasteiger partial charge in [0.1, 0.15) is 12.3 Å². The Morgan fingerprint density at radius 3 is 2.74 bits per heavy atom. The number of hydrogen-bond donors (Lipinski definition) is 2. The number of nitrogens with one attached hydrogen (secondary N) is 1. The molecule has 0 bridgehead atoms.